The quantitative estimate of drug-likeness (QED) is 0.395. The third-order valence-corrected chi connectivity index (χ3v) is 4.82. The summed E-state index contributed by atoms with van der Waals surface area (Å²) in [6.07, 6.45) is 6.41. The third kappa shape index (κ3) is 8.43. The van der Waals surface area contributed by atoms with Gasteiger partial charge >= 0.3 is 0 Å². The highest BCUT2D eigenvalue weighted by atomic mass is 16.3. The maximum absolute atomic E-state index is 12.1. The number of aliphatic imine (C=N–C) groups is 1. The van der Waals surface area contributed by atoms with Crippen LogP contribution in [0.3, 0.4) is 0 Å². The average Bonchev–Trinajstić information content (AvgIpc) is 2.69. The van der Waals surface area contributed by atoms with Crippen molar-refractivity contribution in [2.24, 2.45) is 4.99 Å². The molecule has 1 amide bonds. The van der Waals surface area contributed by atoms with Crippen molar-refractivity contribution in [2.75, 3.05) is 19.6 Å². The van der Waals surface area contributed by atoms with E-state index in [1.165, 1.54) is 19.3 Å². The first-order valence-corrected chi connectivity index (χ1v) is 10.2. The summed E-state index contributed by atoms with van der Waals surface area (Å²) in [6.45, 7) is 3.82. The monoisotopic (exact) mass is 374 g/mol. The van der Waals surface area contributed by atoms with Gasteiger partial charge in [0.15, 0.2) is 5.96 Å². The first-order valence-electron chi connectivity index (χ1n) is 10.2. The minimum atomic E-state index is -0.515. The maximum atomic E-state index is 12.1. The van der Waals surface area contributed by atoms with Crippen LogP contribution in [0.15, 0.2) is 35.3 Å². The van der Waals surface area contributed by atoms with E-state index >= 15 is 0 Å². The molecule has 0 spiro atoms. The third-order valence-electron chi connectivity index (χ3n) is 4.82. The summed E-state index contributed by atoms with van der Waals surface area (Å²) in [4.78, 5) is 16.6. The van der Waals surface area contributed by atoms with Crippen molar-refractivity contribution >= 4 is 11.9 Å². The fourth-order valence-electron chi connectivity index (χ4n) is 3.32. The first-order chi connectivity index (χ1) is 13.2. The Labute approximate surface area is 162 Å². The largest absolute Gasteiger partial charge is 0.388 e. The van der Waals surface area contributed by atoms with E-state index in [0.717, 1.165) is 24.9 Å². The van der Waals surface area contributed by atoms with E-state index in [4.69, 9.17) is 0 Å². The molecule has 1 aliphatic carbocycles. The molecule has 1 aromatic carbocycles. The number of hydrogen-bond acceptors (Lipinski definition) is 3. The number of carbonyl (C=O) groups excluding carboxylic acids is 1. The van der Waals surface area contributed by atoms with Gasteiger partial charge in [-0.2, -0.15) is 0 Å². The number of amides is 1. The van der Waals surface area contributed by atoms with Crippen LogP contribution < -0.4 is 16.0 Å². The van der Waals surface area contributed by atoms with E-state index in [9.17, 15) is 9.90 Å². The summed E-state index contributed by atoms with van der Waals surface area (Å²) in [5.74, 6) is 0.785. The number of aliphatic hydroxyl groups is 1. The molecule has 1 unspecified atom stereocenters. The number of nitrogens with zero attached hydrogens (tertiary/aromatic N) is 1. The molecule has 0 aliphatic heterocycles. The molecule has 1 saturated carbocycles. The van der Waals surface area contributed by atoms with E-state index in [0.29, 0.717) is 37.9 Å². The predicted molar refractivity (Wildman–Crippen MR) is 110 cm³/mol. The van der Waals surface area contributed by atoms with Crippen molar-refractivity contribution in [3.05, 3.63) is 35.9 Å². The molecule has 150 valence electrons. The van der Waals surface area contributed by atoms with Gasteiger partial charge in [0.05, 0.1) is 6.10 Å². The molecule has 0 radical (unpaired) electrons. The number of carbonyl (C=O) groups is 1. The van der Waals surface area contributed by atoms with E-state index in [1.54, 1.807) is 0 Å². The fraction of sp³-hybridized carbons (Fsp3) is 0.619. The highest BCUT2D eigenvalue weighted by Crippen LogP contribution is 2.17. The van der Waals surface area contributed by atoms with E-state index in [-0.39, 0.29) is 5.91 Å². The van der Waals surface area contributed by atoms with Crippen molar-refractivity contribution in [1.82, 2.24) is 16.0 Å². The second-order valence-corrected chi connectivity index (χ2v) is 7.06. The summed E-state index contributed by atoms with van der Waals surface area (Å²) in [5.41, 5.74) is 0.907. The van der Waals surface area contributed by atoms with Crippen molar-refractivity contribution in [1.29, 1.82) is 0 Å². The van der Waals surface area contributed by atoms with Gasteiger partial charge in [-0.1, -0.05) is 49.6 Å². The summed E-state index contributed by atoms with van der Waals surface area (Å²) in [5, 5.41) is 19.7. The molecule has 1 aromatic rings. The van der Waals surface area contributed by atoms with Crippen LogP contribution in [0.1, 0.15) is 63.5 Å². The number of aliphatic hydroxyl groups excluding tert-OH is 1. The van der Waals surface area contributed by atoms with Gasteiger partial charge in [-0.15, -0.1) is 0 Å². The lowest BCUT2D eigenvalue weighted by Crippen LogP contribution is -2.41. The number of guanidine groups is 1. The summed E-state index contributed by atoms with van der Waals surface area (Å²) < 4.78 is 0. The van der Waals surface area contributed by atoms with Crippen LogP contribution in [0.25, 0.3) is 0 Å². The molecule has 0 saturated heterocycles. The van der Waals surface area contributed by atoms with Crippen molar-refractivity contribution in [3.8, 4) is 0 Å². The Hall–Kier alpha value is -2.08. The molecule has 0 bridgehead atoms. The summed E-state index contributed by atoms with van der Waals surface area (Å²) >= 11 is 0. The Morgan fingerprint density at radius 2 is 1.93 bits per heavy atom. The van der Waals surface area contributed by atoms with Crippen LogP contribution in [0, 0.1) is 0 Å². The lowest BCUT2D eigenvalue weighted by atomic mass is 9.95. The van der Waals surface area contributed by atoms with Crippen LogP contribution in [-0.4, -0.2) is 42.6 Å². The zero-order valence-electron chi connectivity index (χ0n) is 16.4. The first kappa shape index (κ1) is 21.2. The Morgan fingerprint density at radius 1 is 1.19 bits per heavy atom. The number of hydrogen-bond donors (Lipinski definition) is 4. The standard InChI is InChI=1S/C21H34N4O2/c1-2-22-21(23-15-13-19(26)17-9-5-3-6-10-17)24-16-14-20(27)25-18-11-7-4-8-12-18/h3,5-6,9-10,18-19,26H,2,4,7-8,11-16H2,1H3,(H,25,27)(H2,22,23,24). The van der Waals surface area contributed by atoms with Gasteiger partial charge in [-0.25, -0.2) is 0 Å². The Balaban J connectivity index is 1.68. The van der Waals surface area contributed by atoms with Crippen LogP contribution in [0.5, 0.6) is 0 Å². The van der Waals surface area contributed by atoms with Crippen LogP contribution >= 0.6 is 0 Å². The molecule has 1 aliphatic rings. The van der Waals surface area contributed by atoms with Gasteiger partial charge in [0, 0.05) is 32.1 Å². The molecule has 6 nitrogen and oxygen atoms in total. The Bertz CT molecular complexity index is 571. The lowest BCUT2D eigenvalue weighted by molar-refractivity contribution is -0.121. The van der Waals surface area contributed by atoms with Crippen LogP contribution in [0.4, 0.5) is 0 Å². The highest BCUT2D eigenvalue weighted by molar-refractivity contribution is 5.81. The minimum absolute atomic E-state index is 0.102. The van der Waals surface area contributed by atoms with Gasteiger partial charge < -0.3 is 21.1 Å². The molecule has 2 rings (SSSR count). The van der Waals surface area contributed by atoms with E-state index < -0.39 is 6.10 Å². The van der Waals surface area contributed by atoms with Gasteiger partial charge in [-0.3, -0.25) is 9.79 Å². The molecule has 0 aromatic heterocycles. The number of rotatable bonds is 9. The van der Waals surface area contributed by atoms with Gasteiger partial charge in [0.1, 0.15) is 0 Å². The maximum Gasteiger partial charge on any atom is 0.221 e. The lowest BCUT2D eigenvalue weighted by Gasteiger charge is -2.22. The normalized spacial score (nSPS) is 16.6. The Kier molecular flexibility index (Phi) is 9.69. The molecule has 1 atom stereocenters. The minimum Gasteiger partial charge on any atom is -0.388 e. The van der Waals surface area contributed by atoms with Crippen LogP contribution in [-0.2, 0) is 4.79 Å². The van der Waals surface area contributed by atoms with Gasteiger partial charge in [-0.05, 0) is 31.7 Å². The second kappa shape index (κ2) is 12.3. The summed E-state index contributed by atoms with van der Waals surface area (Å²) in [6, 6.07) is 9.97. The fourth-order valence-corrected chi connectivity index (χ4v) is 3.32. The zero-order valence-corrected chi connectivity index (χ0v) is 16.4. The second-order valence-electron chi connectivity index (χ2n) is 7.06. The topological polar surface area (TPSA) is 85.8 Å². The zero-order chi connectivity index (χ0) is 19.3. The molecular weight excluding hydrogens is 340 g/mol. The molecule has 27 heavy (non-hydrogen) atoms. The number of benzene rings is 1. The molecule has 6 heteroatoms. The molecular formula is C21H34N4O2. The van der Waals surface area contributed by atoms with Crippen LogP contribution in [0.2, 0.25) is 0 Å². The van der Waals surface area contributed by atoms with Crippen molar-refractivity contribution < 1.29 is 9.90 Å². The number of nitrogens with one attached hydrogen (secondary N) is 3. The highest BCUT2D eigenvalue weighted by Gasteiger charge is 2.15. The van der Waals surface area contributed by atoms with E-state index in [2.05, 4.69) is 20.9 Å². The Morgan fingerprint density at radius 3 is 2.63 bits per heavy atom. The van der Waals surface area contributed by atoms with Gasteiger partial charge in [0.2, 0.25) is 5.91 Å². The SMILES string of the molecule is CCNC(=NCCC(O)c1ccccc1)NCCC(=O)NC1CCCCC1. The predicted octanol–water partition coefficient (Wildman–Crippen LogP) is 2.50. The molecule has 1 fully saturated rings. The van der Waals surface area contributed by atoms with Crippen molar-refractivity contribution in [3.63, 3.8) is 0 Å². The molecule has 4 N–H and O–H groups in total. The smallest absolute Gasteiger partial charge is 0.221 e. The summed E-state index contributed by atoms with van der Waals surface area (Å²) in [7, 11) is 0. The van der Waals surface area contributed by atoms with Crippen molar-refractivity contribution in [2.45, 2.75) is 64.0 Å². The van der Waals surface area contributed by atoms with Gasteiger partial charge in [0.25, 0.3) is 0 Å². The molecule has 0 heterocycles. The average molecular weight is 375 g/mol. The van der Waals surface area contributed by atoms with E-state index in [1.807, 2.05) is 37.3 Å².